The molecule has 0 aliphatic rings. The molecule has 1 heterocycles. The first kappa shape index (κ1) is 15.3. The highest BCUT2D eigenvalue weighted by Gasteiger charge is 2.21. The average Bonchev–Trinajstić information content (AvgIpc) is 2.91. The summed E-state index contributed by atoms with van der Waals surface area (Å²) in [7, 11) is 0. The highest BCUT2D eigenvalue weighted by Crippen LogP contribution is 2.32. The van der Waals surface area contributed by atoms with Crippen LogP contribution in [-0.4, -0.2) is 12.3 Å². The molecule has 0 spiro atoms. The second-order valence-electron chi connectivity index (χ2n) is 5.91. The Balaban J connectivity index is 2.06. The highest BCUT2D eigenvalue weighted by atomic mass is 19.1. The van der Waals surface area contributed by atoms with E-state index in [1.165, 1.54) is 24.3 Å². The van der Waals surface area contributed by atoms with Crippen LogP contribution in [0.2, 0.25) is 0 Å². The molecular formula is C19H18FNO2. The van der Waals surface area contributed by atoms with E-state index in [1.807, 2.05) is 24.3 Å². The summed E-state index contributed by atoms with van der Waals surface area (Å²) in [5.41, 5.74) is 1.76. The fraction of sp³-hybridized carbons (Fsp3) is 0.211. The summed E-state index contributed by atoms with van der Waals surface area (Å²) >= 11 is 0. The molecular weight excluding hydrogens is 293 g/mol. The second-order valence-corrected chi connectivity index (χ2v) is 5.91. The number of halogens is 1. The summed E-state index contributed by atoms with van der Waals surface area (Å²) in [5.74, 6) is 0.0626. The van der Waals surface area contributed by atoms with Gasteiger partial charge in [-0.2, -0.15) is 0 Å². The summed E-state index contributed by atoms with van der Waals surface area (Å²) in [6, 6.07) is 13.0. The number of ketones is 1. The van der Waals surface area contributed by atoms with Crippen molar-refractivity contribution in [1.82, 2.24) is 0 Å². The summed E-state index contributed by atoms with van der Waals surface area (Å²) in [5, 5.41) is 4.18. The Labute approximate surface area is 134 Å². The van der Waals surface area contributed by atoms with E-state index in [0.29, 0.717) is 22.8 Å². The predicted molar refractivity (Wildman–Crippen MR) is 89.4 cm³/mol. The zero-order valence-electron chi connectivity index (χ0n) is 13.1. The van der Waals surface area contributed by atoms with Crippen molar-refractivity contribution >= 4 is 22.4 Å². The smallest absolute Gasteiger partial charge is 0.230 e. The largest absolute Gasteiger partial charge is 0.450 e. The van der Waals surface area contributed by atoms with E-state index in [4.69, 9.17) is 4.42 Å². The molecule has 0 atom stereocenters. The molecule has 3 rings (SSSR count). The molecule has 0 amide bonds. The van der Waals surface area contributed by atoms with E-state index >= 15 is 0 Å². The molecule has 0 aliphatic carbocycles. The van der Waals surface area contributed by atoms with Crippen molar-refractivity contribution in [2.75, 3.05) is 11.9 Å². The fourth-order valence-electron chi connectivity index (χ4n) is 2.42. The fourth-order valence-corrected chi connectivity index (χ4v) is 2.42. The van der Waals surface area contributed by atoms with Crippen molar-refractivity contribution in [2.45, 2.75) is 13.8 Å². The van der Waals surface area contributed by atoms with E-state index in [-0.39, 0.29) is 17.4 Å². The van der Waals surface area contributed by atoms with Crippen LogP contribution in [0.25, 0.3) is 11.0 Å². The van der Waals surface area contributed by atoms with Gasteiger partial charge in [-0.1, -0.05) is 26.0 Å². The lowest BCUT2D eigenvalue weighted by Gasteiger charge is -2.09. The molecule has 0 bridgehead atoms. The Hall–Kier alpha value is -2.62. The van der Waals surface area contributed by atoms with Crippen LogP contribution in [0, 0.1) is 11.7 Å². The van der Waals surface area contributed by atoms with Gasteiger partial charge in [-0.05, 0) is 42.3 Å². The first-order valence-electron chi connectivity index (χ1n) is 7.62. The Morgan fingerprint density at radius 3 is 2.52 bits per heavy atom. The van der Waals surface area contributed by atoms with Crippen molar-refractivity contribution in [3.8, 4) is 0 Å². The van der Waals surface area contributed by atoms with E-state index < -0.39 is 0 Å². The number of para-hydroxylation sites is 1. The maximum Gasteiger partial charge on any atom is 0.230 e. The van der Waals surface area contributed by atoms with Crippen LogP contribution in [0.15, 0.2) is 52.9 Å². The summed E-state index contributed by atoms with van der Waals surface area (Å²) in [4.78, 5) is 12.7. The second kappa shape index (κ2) is 6.24. The Morgan fingerprint density at radius 1 is 1.13 bits per heavy atom. The molecule has 23 heavy (non-hydrogen) atoms. The van der Waals surface area contributed by atoms with Gasteiger partial charge in [0.2, 0.25) is 5.78 Å². The van der Waals surface area contributed by atoms with Crippen LogP contribution in [0.4, 0.5) is 10.1 Å². The molecule has 3 aromatic rings. The first-order chi connectivity index (χ1) is 11.1. The number of carbonyl (C=O) groups is 1. The lowest BCUT2D eigenvalue weighted by molar-refractivity contribution is 0.101. The molecule has 0 saturated heterocycles. The maximum absolute atomic E-state index is 13.1. The minimum absolute atomic E-state index is 0.257. The number of rotatable bonds is 5. The molecule has 0 aliphatic heterocycles. The van der Waals surface area contributed by atoms with Gasteiger partial charge >= 0.3 is 0 Å². The third-order valence-corrected chi connectivity index (χ3v) is 3.60. The van der Waals surface area contributed by atoms with Gasteiger partial charge in [0.1, 0.15) is 11.4 Å². The van der Waals surface area contributed by atoms with Crippen molar-refractivity contribution in [3.05, 3.63) is 65.7 Å². The van der Waals surface area contributed by atoms with Gasteiger partial charge in [-0.15, -0.1) is 0 Å². The number of nitrogens with one attached hydrogen (secondary N) is 1. The number of carbonyl (C=O) groups excluding carboxylic acids is 1. The van der Waals surface area contributed by atoms with Crippen molar-refractivity contribution in [2.24, 2.45) is 5.92 Å². The predicted octanol–water partition coefficient (Wildman–Crippen LogP) is 4.87. The normalized spacial score (nSPS) is 11.1. The van der Waals surface area contributed by atoms with Crippen LogP contribution in [-0.2, 0) is 0 Å². The van der Waals surface area contributed by atoms with Crippen LogP contribution in [0.1, 0.15) is 30.0 Å². The zero-order chi connectivity index (χ0) is 16.4. The van der Waals surface area contributed by atoms with Crippen molar-refractivity contribution in [3.63, 3.8) is 0 Å². The number of hydrogen-bond acceptors (Lipinski definition) is 3. The molecule has 1 aromatic heterocycles. The molecule has 0 fully saturated rings. The van der Waals surface area contributed by atoms with Gasteiger partial charge in [0.05, 0.1) is 5.69 Å². The van der Waals surface area contributed by atoms with Crippen LogP contribution in [0.5, 0.6) is 0 Å². The van der Waals surface area contributed by atoms with E-state index in [0.717, 1.165) is 11.9 Å². The van der Waals surface area contributed by atoms with Gasteiger partial charge < -0.3 is 9.73 Å². The van der Waals surface area contributed by atoms with E-state index in [2.05, 4.69) is 19.2 Å². The SMILES string of the molecule is CC(C)CNc1c(C(=O)c2ccc(F)cc2)oc2ccccc12. The minimum Gasteiger partial charge on any atom is -0.450 e. The van der Waals surface area contributed by atoms with E-state index in [1.54, 1.807) is 0 Å². The molecule has 0 unspecified atom stereocenters. The molecule has 4 heteroatoms. The first-order valence-corrected chi connectivity index (χ1v) is 7.62. The van der Waals surface area contributed by atoms with Gasteiger partial charge in [0, 0.05) is 17.5 Å². The van der Waals surface area contributed by atoms with Crippen LogP contribution < -0.4 is 5.32 Å². The molecule has 2 aromatic carbocycles. The molecule has 0 radical (unpaired) electrons. The molecule has 1 N–H and O–H groups in total. The average molecular weight is 311 g/mol. The van der Waals surface area contributed by atoms with Crippen LogP contribution in [0.3, 0.4) is 0 Å². The summed E-state index contributed by atoms with van der Waals surface area (Å²) < 4.78 is 18.8. The summed E-state index contributed by atoms with van der Waals surface area (Å²) in [6.07, 6.45) is 0. The summed E-state index contributed by atoms with van der Waals surface area (Å²) in [6.45, 7) is 4.92. The van der Waals surface area contributed by atoms with Gasteiger partial charge in [0.15, 0.2) is 5.76 Å². The third kappa shape index (κ3) is 3.11. The van der Waals surface area contributed by atoms with Gasteiger partial charge in [0.25, 0.3) is 0 Å². The Bertz CT molecular complexity index is 834. The lowest BCUT2D eigenvalue weighted by atomic mass is 10.1. The number of anilines is 1. The molecule has 118 valence electrons. The van der Waals surface area contributed by atoms with Crippen LogP contribution >= 0.6 is 0 Å². The monoisotopic (exact) mass is 311 g/mol. The van der Waals surface area contributed by atoms with E-state index in [9.17, 15) is 9.18 Å². The number of hydrogen-bond donors (Lipinski definition) is 1. The number of furan rings is 1. The van der Waals surface area contributed by atoms with Gasteiger partial charge in [-0.3, -0.25) is 4.79 Å². The molecule has 0 saturated carbocycles. The standard InChI is InChI=1S/C19H18FNO2/c1-12(2)11-21-17-15-5-3-4-6-16(15)23-19(17)18(22)13-7-9-14(20)10-8-13/h3-10,12,21H,11H2,1-2H3. The minimum atomic E-state index is -0.371. The Kier molecular flexibility index (Phi) is 4.15. The number of fused-ring (bicyclic) bond motifs is 1. The zero-order valence-corrected chi connectivity index (χ0v) is 13.1. The number of benzene rings is 2. The quantitative estimate of drug-likeness (QED) is 0.683. The maximum atomic E-state index is 13.1. The topological polar surface area (TPSA) is 42.2 Å². The lowest BCUT2D eigenvalue weighted by Crippen LogP contribution is -2.11. The molecule has 3 nitrogen and oxygen atoms in total. The highest BCUT2D eigenvalue weighted by molar-refractivity contribution is 6.14. The Morgan fingerprint density at radius 2 is 1.83 bits per heavy atom. The van der Waals surface area contributed by atoms with Crippen molar-refractivity contribution < 1.29 is 13.6 Å². The van der Waals surface area contributed by atoms with Gasteiger partial charge in [-0.25, -0.2) is 4.39 Å². The third-order valence-electron chi connectivity index (χ3n) is 3.60. The van der Waals surface area contributed by atoms with Crippen molar-refractivity contribution in [1.29, 1.82) is 0 Å².